The summed E-state index contributed by atoms with van der Waals surface area (Å²) in [6, 6.07) is 4.97. The molecule has 4 rings (SSSR count). The molecule has 1 aromatic heterocycles. The molecule has 1 N–H and O–H groups in total. The summed E-state index contributed by atoms with van der Waals surface area (Å²) < 4.78 is 6.61. The summed E-state index contributed by atoms with van der Waals surface area (Å²) in [4.78, 5) is 53.6. The zero-order valence-corrected chi connectivity index (χ0v) is 20.8. The number of anilines is 1. The third-order valence-corrected chi connectivity index (χ3v) is 6.38. The molecule has 10 heteroatoms. The Bertz CT molecular complexity index is 1210. The number of piperazine rings is 1. The number of fused-ring (bicyclic) bond motifs is 1. The van der Waals surface area contributed by atoms with E-state index in [2.05, 4.69) is 20.2 Å². The number of aryl methyl sites for hydroxylation is 1. The lowest BCUT2D eigenvalue weighted by atomic mass is 10.1. The van der Waals surface area contributed by atoms with E-state index in [1.807, 2.05) is 45.9 Å². The molecule has 0 aliphatic carbocycles. The second kappa shape index (κ2) is 9.77. The van der Waals surface area contributed by atoms with Crippen LogP contribution in [0.4, 0.5) is 5.69 Å². The van der Waals surface area contributed by atoms with Crippen molar-refractivity contribution in [2.45, 2.75) is 58.6 Å². The van der Waals surface area contributed by atoms with Crippen molar-refractivity contribution < 1.29 is 19.1 Å². The summed E-state index contributed by atoms with van der Waals surface area (Å²) in [5, 5.41) is 7.94. The van der Waals surface area contributed by atoms with Crippen LogP contribution in [-0.4, -0.2) is 70.8 Å². The molecule has 2 aliphatic heterocycles. The standard InChI is InChI=1S/C25H33N5O5/c1-16-18-6-5-17(29-13-11-28(12-14-29)10-9-22(32)35-25(2,3)4)15-19(18)24(34)30(27-16)20-7-8-21(31)26-23(20)33/h5-6,15,20H,7-14H2,1-4H3,(H,26,31,33). The number of nitrogens with one attached hydrogen (secondary N) is 1. The molecular weight excluding hydrogens is 450 g/mol. The van der Waals surface area contributed by atoms with E-state index in [9.17, 15) is 19.2 Å². The molecule has 1 unspecified atom stereocenters. The van der Waals surface area contributed by atoms with Crippen LogP contribution in [0.15, 0.2) is 23.0 Å². The van der Waals surface area contributed by atoms with Crippen molar-refractivity contribution in [2.24, 2.45) is 0 Å². The van der Waals surface area contributed by atoms with E-state index >= 15 is 0 Å². The first kappa shape index (κ1) is 24.8. The molecule has 2 aromatic rings. The Balaban J connectivity index is 1.47. The lowest BCUT2D eigenvalue weighted by Gasteiger charge is -2.36. The van der Waals surface area contributed by atoms with Crippen LogP contribution in [0.3, 0.4) is 0 Å². The maximum atomic E-state index is 13.3. The van der Waals surface area contributed by atoms with E-state index in [1.165, 1.54) is 4.68 Å². The minimum atomic E-state index is -0.791. The second-order valence-corrected chi connectivity index (χ2v) is 10.2. The molecule has 2 aliphatic rings. The Labute approximate surface area is 204 Å². The number of piperidine rings is 1. The first-order chi connectivity index (χ1) is 16.5. The molecule has 0 spiro atoms. The predicted molar refractivity (Wildman–Crippen MR) is 131 cm³/mol. The van der Waals surface area contributed by atoms with Gasteiger partial charge in [0, 0.05) is 50.2 Å². The number of rotatable bonds is 5. The van der Waals surface area contributed by atoms with Crippen LogP contribution in [0.1, 0.15) is 51.8 Å². The molecule has 2 amide bonds. The van der Waals surface area contributed by atoms with E-state index in [0.29, 0.717) is 24.0 Å². The van der Waals surface area contributed by atoms with Crippen molar-refractivity contribution in [1.29, 1.82) is 0 Å². The first-order valence-electron chi connectivity index (χ1n) is 12.1. The Morgan fingerprint density at radius 1 is 1.11 bits per heavy atom. The van der Waals surface area contributed by atoms with E-state index in [0.717, 1.165) is 37.3 Å². The van der Waals surface area contributed by atoms with Gasteiger partial charge in [-0.1, -0.05) is 6.07 Å². The molecule has 0 bridgehead atoms. The molecule has 1 aromatic carbocycles. The van der Waals surface area contributed by atoms with Gasteiger partial charge in [-0.15, -0.1) is 0 Å². The summed E-state index contributed by atoms with van der Waals surface area (Å²) in [5.74, 6) is -1.01. The fraction of sp³-hybridized carbons (Fsp3) is 0.560. The zero-order chi connectivity index (χ0) is 25.3. The summed E-state index contributed by atoms with van der Waals surface area (Å²) in [7, 11) is 0. The van der Waals surface area contributed by atoms with Gasteiger partial charge in [0.2, 0.25) is 5.91 Å². The maximum absolute atomic E-state index is 13.3. The fourth-order valence-corrected chi connectivity index (χ4v) is 4.60. The van der Waals surface area contributed by atoms with Gasteiger partial charge in [-0.25, -0.2) is 4.68 Å². The third kappa shape index (κ3) is 5.70. The average Bonchev–Trinajstić information content (AvgIpc) is 2.79. The summed E-state index contributed by atoms with van der Waals surface area (Å²) >= 11 is 0. The van der Waals surface area contributed by atoms with Gasteiger partial charge in [0.05, 0.1) is 17.5 Å². The number of hydrogen-bond donors (Lipinski definition) is 1. The van der Waals surface area contributed by atoms with Crippen LogP contribution >= 0.6 is 0 Å². The number of benzene rings is 1. The number of ether oxygens (including phenoxy) is 1. The van der Waals surface area contributed by atoms with Crippen molar-refractivity contribution in [1.82, 2.24) is 20.0 Å². The lowest BCUT2D eigenvalue weighted by Crippen LogP contribution is -2.47. The monoisotopic (exact) mass is 483 g/mol. The van der Waals surface area contributed by atoms with Gasteiger partial charge in [-0.2, -0.15) is 5.10 Å². The van der Waals surface area contributed by atoms with Gasteiger partial charge in [-0.3, -0.25) is 29.4 Å². The number of esters is 1. The molecule has 2 fully saturated rings. The molecule has 10 nitrogen and oxygen atoms in total. The first-order valence-corrected chi connectivity index (χ1v) is 12.1. The quantitative estimate of drug-likeness (QED) is 0.503. The van der Waals surface area contributed by atoms with Crippen LogP contribution in [-0.2, 0) is 19.1 Å². The molecule has 1 atom stereocenters. The number of amides is 2. The van der Waals surface area contributed by atoms with Crippen molar-refractivity contribution >= 4 is 34.2 Å². The molecule has 0 radical (unpaired) electrons. The number of hydrogen-bond acceptors (Lipinski definition) is 8. The molecule has 188 valence electrons. The highest BCUT2D eigenvalue weighted by molar-refractivity contribution is 5.99. The van der Waals surface area contributed by atoms with Gasteiger partial charge in [0.15, 0.2) is 0 Å². The predicted octanol–water partition coefficient (Wildman–Crippen LogP) is 1.54. The highest BCUT2D eigenvalue weighted by Gasteiger charge is 2.30. The van der Waals surface area contributed by atoms with Crippen molar-refractivity contribution in [3.8, 4) is 0 Å². The highest BCUT2D eigenvalue weighted by Crippen LogP contribution is 2.24. The number of imide groups is 1. The Kier molecular flexibility index (Phi) is 6.93. The van der Waals surface area contributed by atoms with Crippen LogP contribution in [0.5, 0.6) is 0 Å². The van der Waals surface area contributed by atoms with Crippen LogP contribution in [0.25, 0.3) is 10.8 Å². The largest absolute Gasteiger partial charge is 0.460 e. The van der Waals surface area contributed by atoms with E-state index in [-0.39, 0.29) is 30.3 Å². The minimum Gasteiger partial charge on any atom is -0.460 e. The number of carbonyl (C=O) groups is 3. The molecular formula is C25H33N5O5. The van der Waals surface area contributed by atoms with E-state index in [1.54, 1.807) is 0 Å². The third-order valence-electron chi connectivity index (χ3n) is 6.38. The summed E-state index contributed by atoms with van der Waals surface area (Å²) in [6.07, 6.45) is 0.798. The van der Waals surface area contributed by atoms with Gasteiger partial charge in [0.1, 0.15) is 11.6 Å². The van der Waals surface area contributed by atoms with Crippen LogP contribution in [0.2, 0.25) is 0 Å². The number of carbonyl (C=O) groups excluding carboxylic acids is 3. The van der Waals surface area contributed by atoms with Gasteiger partial charge in [0.25, 0.3) is 11.5 Å². The normalized spacial score (nSPS) is 19.7. The average molecular weight is 484 g/mol. The van der Waals surface area contributed by atoms with Gasteiger partial charge >= 0.3 is 5.97 Å². The fourth-order valence-electron chi connectivity index (χ4n) is 4.60. The van der Waals surface area contributed by atoms with Crippen LogP contribution in [0, 0.1) is 6.92 Å². The van der Waals surface area contributed by atoms with Crippen LogP contribution < -0.4 is 15.8 Å². The van der Waals surface area contributed by atoms with E-state index < -0.39 is 17.6 Å². The van der Waals surface area contributed by atoms with Gasteiger partial charge < -0.3 is 9.64 Å². The molecule has 0 saturated carbocycles. The van der Waals surface area contributed by atoms with Crippen molar-refractivity contribution in [2.75, 3.05) is 37.6 Å². The van der Waals surface area contributed by atoms with E-state index in [4.69, 9.17) is 4.74 Å². The molecule has 2 saturated heterocycles. The zero-order valence-electron chi connectivity index (χ0n) is 20.8. The van der Waals surface area contributed by atoms with Gasteiger partial charge in [-0.05, 0) is 46.2 Å². The molecule has 35 heavy (non-hydrogen) atoms. The second-order valence-electron chi connectivity index (χ2n) is 10.2. The SMILES string of the molecule is Cc1nn(C2CCC(=O)NC2=O)c(=O)c2cc(N3CCN(CCC(=O)OC(C)(C)C)CC3)ccc12. The number of aromatic nitrogens is 2. The Morgan fingerprint density at radius 3 is 2.49 bits per heavy atom. The topological polar surface area (TPSA) is 114 Å². The maximum Gasteiger partial charge on any atom is 0.307 e. The Morgan fingerprint density at radius 2 is 1.83 bits per heavy atom. The summed E-state index contributed by atoms with van der Waals surface area (Å²) in [6.45, 7) is 11.2. The minimum absolute atomic E-state index is 0.180. The lowest BCUT2D eigenvalue weighted by molar-refractivity contribution is -0.155. The van der Waals surface area contributed by atoms with Crippen molar-refractivity contribution in [3.05, 3.63) is 34.2 Å². The van der Waals surface area contributed by atoms with Crippen molar-refractivity contribution in [3.63, 3.8) is 0 Å². The highest BCUT2D eigenvalue weighted by atomic mass is 16.6. The summed E-state index contributed by atoms with van der Waals surface area (Å²) in [5.41, 5.74) is 0.777. The molecule has 3 heterocycles. The smallest absolute Gasteiger partial charge is 0.307 e. The Hall–Kier alpha value is -3.27. The number of nitrogens with zero attached hydrogens (tertiary/aromatic N) is 4.